The van der Waals surface area contributed by atoms with Gasteiger partial charge in [-0.25, -0.2) is 9.78 Å². The first kappa shape index (κ1) is 11.8. The van der Waals surface area contributed by atoms with E-state index in [0.717, 1.165) is 6.20 Å². The number of fused-ring (bicyclic) bond motifs is 1. The molecule has 2 heterocycles. The first-order chi connectivity index (χ1) is 7.82. The van der Waals surface area contributed by atoms with Crippen LogP contribution in [0.5, 0.6) is 0 Å². The van der Waals surface area contributed by atoms with Crippen molar-refractivity contribution in [3.8, 4) is 0 Å². The van der Waals surface area contributed by atoms with E-state index in [-0.39, 0.29) is 16.6 Å². The molecule has 90 valence electrons. The molecule has 2 aromatic heterocycles. The molecule has 0 fully saturated rings. The zero-order chi connectivity index (χ0) is 12.8. The predicted molar refractivity (Wildman–Crippen MR) is 58.6 cm³/mol. The maximum absolute atomic E-state index is 11.2. The summed E-state index contributed by atoms with van der Waals surface area (Å²) >= 11 is 0. The van der Waals surface area contributed by atoms with Crippen molar-refractivity contribution in [3.63, 3.8) is 0 Å². The summed E-state index contributed by atoms with van der Waals surface area (Å²) in [6.45, 7) is 1.63. The molecule has 0 bridgehead atoms. The highest BCUT2D eigenvalue weighted by Crippen LogP contribution is 2.35. The third-order valence-corrected chi connectivity index (χ3v) is 3.34. The summed E-state index contributed by atoms with van der Waals surface area (Å²) < 4.78 is 12.4. The minimum atomic E-state index is -4.48. The molecule has 17 heavy (non-hydrogen) atoms. The topological polar surface area (TPSA) is 112 Å². The molecule has 0 atom stereocenters. The van der Waals surface area contributed by atoms with E-state index in [9.17, 15) is 9.36 Å². The number of nitrogens with zero attached hydrogens (tertiary/aromatic N) is 2. The van der Waals surface area contributed by atoms with Crippen molar-refractivity contribution >= 4 is 24.5 Å². The van der Waals surface area contributed by atoms with E-state index in [1.54, 1.807) is 6.92 Å². The molecule has 2 aromatic rings. The van der Waals surface area contributed by atoms with Gasteiger partial charge in [0.15, 0.2) is 11.3 Å². The molecular formula is C9H9N2O5P. The number of carboxylic acid groups (broad SMARTS) is 1. The van der Waals surface area contributed by atoms with Crippen LogP contribution in [0.2, 0.25) is 0 Å². The van der Waals surface area contributed by atoms with Crippen molar-refractivity contribution in [1.82, 2.24) is 9.38 Å². The van der Waals surface area contributed by atoms with E-state index in [1.807, 2.05) is 0 Å². The smallest absolute Gasteiger partial charge is 0.359 e. The SMILES string of the molecule is Cc1ccc(P(=O)(O)O)c2ncc(C(=O)O)n12. The molecule has 0 saturated heterocycles. The molecule has 0 amide bonds. The van der Waals surface area contributed by atoms with Gasteiger partial charge in [-0.15, -0.1) is 0 Å². The Morgan fingerprint density at radius 2 is 2.06 bits per heavy atom. The number of rotatable bonds is 2. The highest BCUT2D eigenvalue weighted by molar-refractivity contribution is 7.60. The number of carboxylic acids is 1. The maximum atomic E-state index is 11.2. The molecule has 0 unspecified atom stereocenters. The van der Waals surface area contributed by atoms with Gasteiger partial charge in [-0.1, -0.05) is 0 Å². The molecule has 0 aliphatic heterocycles. The van der Waals surface area contributed by atoms with E-state index in [1.165, 1.54) is 16.5 Å². The molecule has 7 nitrogen and oxygen atoms in total. The van der Waals surface area contributed by atoms with Gasteiger partial charge in [0, 0.05) is 5.69 Å². The van der Waals surface area contributed by atoms with Gasteiger partial charge in [0.1, 0.15) is 5.30 Å². The van der Waals surface area contributed by atoms with Crippen LogP contribution < -0.4 is 5.30 Å². The van der Waals surface area contributed by atoms with E-state index < -0.39 is 13.6 Å². The number of aryl methyl sites for hydroxylation is 1. The Hall–Kier alpha value is -1.69. The first-order valence-electron chi connectivity index (χ1n) is 4.59. The van der Waals surface area contributed by atoms with Crippen molar-refractivity contribution in [2.75, 3.05) is 0 Å². The molecule has 0 saturated carbocycles. The number of hydrogen-bond donors (Lipinski definition) is 3. The molecule has 0 aromatic carbocycles. The third kappa shape index (κ3) is 1.84. The minimum Gasteiger partial charge on any atom is -0.477 e. The highest BCUT2D eigenvalue weighted by atomic mass is 31.2. The van der Waals surface area contributed by atoms with Crippen LogP contribution in [0.3, 0.4) is 0 Å². The average Bonchev–Trinajstić information content (AvgIpc) is 2.60. The molecule has 0 radical (unpaired) electrons. The maximum Gasteiger partial charge on any atom is 0.359 e. The largest absolute Gasteiger partial charge is 0.477 e. The van der Waals surface area contributed by atoms with Crippen LogP contribution in [0.15, 0.2) is 18.3 Å². The Labute approximate surface area is 95.5 Å². The van der Waals surface area contributed by atoms with Gasteiger partial charge >= 0.3 is 13.6 Å². The summed E-state index contributed by atoms with van der Waals surface area (Å²) in [6.07, 6.45) is 1.07. The first-order valence-corrected chi connectivity index (χ1v) is 6.20. The fraction of sp³-hybridized carbons (Fsp3) is 0.111. The number of hydrogen-bond acceptors (Lipinski definition) is 3. The quantitative estimate of drug-likeness (QED) is 0.659. The van der Waals surface area contributed by atoms with E-state index in [0.29, 0.717) is 5.69 Å². The number of carbonyl (C=O) groups is 1. The molecule has 0 spiro atoms. The zero-order valence-corrected chi connectivity index (χ0v) is 9.63. The van der Waals surface area contributed by atoms with Crippen molar-refractivity contribution in [1.29, 1.82) is 0 Å². The molecular weight excluding hydrogens is 247 g/mol. The summed E-state index contributed by atoms with van der Waals surface area (Å²) in [5.74, 6) is -1.21. The lowest BCUT2D eigenvalue weighted by Gasteiger charge is -2.08. The Balaban J connectivity index is 2.90. The highest BCUT2D eigenvalue weighted by Gasteiger charge is 2.24. The monoisotopic (exact) mass is 256 g/mol. The van der Waals surface area contributed by atoms with Crippen LogP contribution in [0.25, 0.3) is 5.65 Å². The van der Waals surface area contributed by atoms with Gasteiger partial charge in [-0.05, 0) is 19.1 Å². The van der Waals surface area contributed by atoms with Gasteiger partial charge in [-0.2, -0.15) is 0 Å². The molecule has 8 heteroatoms. The number of aromatic carboxylic acids is 1. The number of aromatic nitrogens is 2. The van der Waals surface area contributed by atoms with Crippen LogP contribution in [0.1, 0.15) is 16.2 Å². The van der Waals surface area contributed by atoms with Gasteiger partial charge in [0.2, 0.25) is 0 Å². The second-order valence-electron chi connectivity index (χ2n) is 3.51. The van der Waals surface area contributed by atoms with Crippen molar-refractivity contribution in [2.24, 2.45) is 0 Å². The Kier molecular flexibility index (Phi) is 2.54. The fourth-order valence-electron chi connectivity index (χ4n) is 1.62. The van der Waals surface area contributed by atoms with Crippen LogP contribution in [0.4, 0.5) is 0 Å². The summed E-state index contributed by atoms with van der Waals surface area (Å²) in [5, 5.41) is 8.65. The zero-order valence-electron chi connectivity index (χ0n) is 8.73. The van der Waals surface area contributed by atoms with Crippen molar-refractivity contribution < 1.29 is 24.3 Å². The minimum absolute atomic E-state index is 0.0317. The summed E-state index contributed by atoms with van der Waals surface area (Å²) in [4.78, 5) is 33.0. The van der Waals surface area contributed by atoms with E-state index >= 15 is 0 Å². The standard InChI is InChI=1S/C9H9N2O5P/c1-5-2-3-7(17(14,15)16)8-10-4-6(9(12)13)11(5)8/h2-4H,1H3,(H,12,13)(H2,14,15,16). The van der Waals surface area contributed by atoms with Gasteiger partial charge < -0.3 is 14.9 Å². The van der Waals surface area contributed by atoms with E-state index in [4.69, 9.17) is 14.9 Å². The average molecular weight is 256 g/mol. The fourth-order valence-corrected chi connectivity index (χ4v) is 2.30. The lowest BCUT2D eigenvalue weighted by atomic mass is 10.3. The summed E-state index contributed by atoms with van der Waals surface area (Å²) in [6, 6.07) is 2.69. The number of pyridine rings is 1. The van der Waals surface area contributed by atoms with Crippen LogP contribution in [0, 0.1) is 6.92 Å². The second-order valence-corrected chi connectivity index (χ2v) is 5.08. The third-order valence-electron chi connectivity index (χ3n) is 2.36. The van der Waals surface area contributed by atoms with Crippen LogP contribution >= 0.6 is 7.60 Å². The molecule has 0 aliphatic carbocycles. The lowest BCUT2D eigenvalue weighted by Crippen LogP contribution is -2.12. The summed E-state index contributed by atoms with van der Waals surface area (Å²) in [7, 11) is -4.48. The Morgan fingerprint density at radius 1 is 1.41 bits per heavy atom. The van der Waals surface area contributed by atoms with Crippen LogP contribution in [-0.2, 0) is 4.57 Å². The Bertz CT molecular complexity index is 657. The van der Waals surface area contributed by atoms with Gasteiger partial charge in [0.05, 0.1) is 6.20 Å². The predicted octanol–water partition coefficient (Wildman–Crippen LogP) is 0.144. The van der Waals surface area contributed by atoms with Crippen molar-refractivity contribution in [2.45, 2.75) is 6.92 Å². The van der Waals surface area contributed by atoms with Gasteiger partial charge in [0.25, 0.3) is 0 Å². The number of imidazole rings is 1. The Morgan fingerprint density at radius 3 is 2.59 bits per heavy atom. The van der Waals surface area contributed by atoms with Gasteiger partial charge in [-0.3, -0.25) is 8.97 Å². The van der Waals surface area contributed by atoms with Crippen molar-refractivity contribution in [3.05, 3.63) is 29.7 Å². The normalized spacial score (nSPS) is 11.9. The molecule has 3 N–H and O–H groups in total. The molecule has 0 aliphatic rings. The van der Waals surface area contributed by atoms with Crippen LogP contribution in [-0.4, -0.2) is 30.2 Å². The second kappa shape index (κ2) is 3.66. The molecule has 2 rings (SSSR count). The van der Waals surface area contributed by atoms with E-state index in [2.05, 4.69) is 4.98 Å². The summed E-state index contributed by atoms with van der Waals surface area (Å²) in [5.41, 5.74) is 0.371. The lowest BCUT2D eigenvalue weighted by molar-refractivity contribution is 0.0689.